The van der Waals surface area contributed by atoms with E-state index in [1.54, 1.807) is 26.8 Å². The number of aryl methyl sites for hydroxylation is 1. The van der Waals surface area contributed by atoms with Crippen LogP contribution in [0.2, 0.25) is 0 Å². The highest BCUT2D eigenvalue weighted by Gasteiger charge is 2.51. The molecule has 1 aromatic heterocycles. The van der Waals surface area contributed by atoms with Crippen molar-refractivity contribution >= 4 is 22.9 Å². The van der Waals surface area contributed by atoms with Crippen molar-refractivity contribution in [1.29, 1.82) is 0 Å². The van der Waals surface area contributed by atoms with Gasteiger partial charge in [0.1, 0.15) is 17.2 Å². The molecule has 2 saturated heterocycles. The van der Waals surface area contributed by atoms with E-state index in [0.29, 0.717) is 29.5 Å². The number of nitrogens with zero attached hydrogens (tertiary/aromatic N) is 2. The minimum absolute atomic E-state index is 0.166. The van der Waals surface area contributed by atoms with Crippen LogP contribution in [-0.4, -0.2) is 52.8 Å². The number of hydrogen-bond acceptors (Lipinski definition) is 6. The minimum atomic E-state index is -0.780. The molecule has 3 heterocycles. The first-order valence-corrected chi connectivity index (χ1v) is 11.3. The fraction of sp³-hybridized carbons (Fsp3) is 0.560. The lowest BCUT2D eigenvalue weighted by molar-refractivity contribution is -0.158. The largest absolute Gasteiger partial charge is 0.497 e. The lowest BCUT2D eigenvalue weighted by Gasteiger charge is -2.51. The zero-order valence-corrected chi connectivity index (χ0v) is 19.9. The minimum Gasteiger partial charge on any atom is -0.497 e. The Kier molecular flexibility index (Phi) is 6.07. The zero-order valence-electron chi connectivity index (χ0n) is 19.9. The van der Waals surface area contributed by atoms with E-state index in [1.807, 2.05) is 13.0 Å². The second-order valence-corrected chi connectivity index (χ2v) is 10.0. The smallest absolute Gasteiger partial charge is 0.417 e. The summed E-state index contributed by atoms with van der Waals surface area (Å²) in [7, 11) is 1.53. The third kappa shape index (κ3) is 4.53. The predicted molar refractivity (Wildman–Crippen MR) is 121 cm³/mol. The summed E-state index contributed by atoms with van der Waals surface area (Å²) in [6, 6.07) is 3.48. The van der Waals surface area contributed by atoms with Crippen LogP contribution in [0.1, 0.15) is 57.6 Å². The summed E-state index contributed by atoms with van der Waals surface area (Å²) in [5.74, 6) is -0.573. The fourth-order valence-electron chi connectivity index (χ4n) is 4.87. The molecule has 2 aromatic rings. The lowest BCUT2D eigenvalue weighted by Crippen LogP contribution is -2.63. The highest BCUT2D eigenvalue weighted by atomic mass is 19.1. The normalized spacial score (nSPS) is 22.3. The third-order valence-electron chi connectivity index (χ3n) is 6.51. The van der Waals surface area contributed by atoms with Gasteiger partial charge in [-0.25, -0.2) is 14.1 Å². The number of pyridine rings is 1. The number of benzene rings is 1. The topological polar surface area (TPSA) is 78.0 Å². The number of ether oxygens (including phenoxy) is 3. The van der Waals surface area contributed by atoms with Gasteiger partial charge in [-0.3, -0.25) is 9.78 Å². The first-order valence-electron chi connectivity index (χ1n) is 11.3. The van der Waals surface area contributed by atoms with Gasteiger partial charge < -0.3 is 14.2 Å². The van der Waals surface area contributed by atoms with Gasteiger partial charge in [0.15, 0.2) is 0 Å². The van der Waals surface area contributed by atoms with E-state index >= 15 is 0 Å². The molecule has 0 radical (unpaired) electrons. The Hall–Kier alpha value is -2.74. The molecule has 2 amide bonds. The Balaban J connectivity index is 1.75. The summed E-state index contributed by atoms with van der Waals surface area (Å²) in [6.45, 7) is 7.39. The molecule has 0 N–H and O–H groups in total. The number of carbonyl (C=O) groups excluding carboxylic acids is 2. The molecule has 8 heteroatoms. The van der Waals surface area contributed by atoms with Gasteiger partial charge in [0.05, 0.1) is 43.5 Å². The number of imide groups is 1. The van der Waals surface area contributed by atoms with E-state index in [1.165, 1.54) is 12.0 Å². The first-order chi connectivity index (χ1) is 15.5. The number of halogens is 1. The monoisotopic (exact) mass is 458 g/mol. The molecule has 178 valence electrons. The summed E-state index contributed by atoms with van der Waals surface area (Å²) in [6.07, 6.45) is 3.11. The number of rotatable bonds is 4. The Morgan fingerprint density at radius 3 is 2.55 bits per heavy atom. The van der Waals surface area contributed by atoms with Crippen LogP contribution in [0.5, 0.6) is 5.75 Å². The van der Waals surface area contributed by atoms with Crippen LogP contribution in [0.4, 0.5) is 9.18 Å². The van der Waals surface area contributed by atoms with Crippen molar-refractivity contribution in [1.82, 2.24) is 9.88 Å². The van der Waals surface area contributed by atoms with E-state index in [9.17, 15) is 14.0 Å². The molecule has 3 fully saturated rings. The fourth-order valence-corrected chi connectivity index (χ4v) is 4.87. The average Bonchev–Trinajstić information content (AvgIpc) is 2.75. The molecular weight excluding hydrogens is 427 g/mol. The summed E-state index contributed by atoms with van der Waals surface area (Å²) in [5, 5.41) is 0.491. The Bertz CT molecular complexity index is 1070. The number of amides is 2. The van der Waals surface area contributed by atoms with Crippen molar-refractivity contribution in [3.63, 3.8) is 0 Å². The van der Waals surface area contributed by atoms with Gasteiger partial charge in [-0.05, 0) is 71.1 Å². The molecule has 1 saturated carbocycles. The van der Waals surface area contributed by atoms with E-state index in [4.69, 9.17) is 14.2 Å². The van der Waals surface area contributed by atoms with Crippen molar-refractivity contribution in [3.05, 3.63) is 35.3 Å². The summed E-state index contributed by atoms with van der Waals surface area (Å²) >= 11 is 0. The molecule has 2 bridgehead atoms. The van der Waals surface area contributed by atoms with Crippen molar-refractivity contribution < 1.29 is 28.2 Å². The number of carbonyl (C=O) groups is 2. The van der Waals surface area contributed by atoms with Crippen LogP contribution < -0.4 is 4.74 Å². The number of aromatic nitrogens is 1. The molecule has 0 spiro atoms. The molecule has 5 rings (SSSR count). The molecule has 0 unspecified atom stereocenters. The maximum Gasteiger partial charge on any atom is 0.417 e. The second kappa shape index (κ2) is 8.56. The third-order valence-corrected chi connectivity index (χ3v) is 6.51. The van der Waals surface area contributed by atoms with Crippen LogP contribution in [0, 0.1) is 12.7 Å². The molecule has 0 atom stereocenters. The predicted octanol–water partition coefficient (Wildman–Crippen LogP) is 4.71. The zero-order chi connectivity index (χ0) is 24.0. The summed E-state index contributed by atoms with van der Waals surface area (Å²) in [4.78, 5) is 32.4. The van der Waals surface area contributed by atoms with E-state index < -0.39 is 29.0 Å². The standard InChI is InChI=1S/C25H31FN2O5/c1-15-10-17(31-5)11-19-18(20(26)13-27-22(15)19)12-21(29)28(23(30)33-24(2,3)4)25-8-6-16(7-9-25)32-14-25/h10-11,13,16H,6-9,12,14H2,1-5H3. The number of methoxy groups -OCH3 is 1. The molecular formula is C25H31FN2O5. The van der Waals surface area contributed by atoms with Crippen molar-refractivity contribution in [2.75, 3.05) is 13.7 Å². The van der Waals surface area contributed by atoms with Crippen molar-refractivity contribution in [2.24, 2.45) is 0 Å². The quantitative estimate of drug-likeness (QED) is 0.660. The molecule has 7 nitrogen and oxygen atoms in total. The van der Waals surface area contributed by atoms with Gasteiger partial charge in [0, 0.05) is 10.9 Å². The van der Waals surface area contributed by atoms with Gasteiger partial charge in [0.25, 0.3) is 0 Å². The lowest BCUT2D eigenvalue weighted by atomic mass is 9.76. The maximum atomic E-state index is 15.0. The van der Waals surface area contributed by atoms with Gasteiger partial charge in [-0.15, -0.1) is 0 Å². The Morgan fingerprint density at radius 1 is 1.27 bits per heavy atom. The van der Waals surface area contributed by atoms with Crippen molar-refractivity contribution in [2.45, 2.75) is 77.0 Å². The highest BCUT2D eigenvalue weighted by molar-refractivity contribution is 5.97. The van der Waals surface area contributed by atoms with Crippen LogP contribution in [0.15, 0.2) is 18.3 Å². The molecule has 33 heavy (non-hydrogen) atoms. The maximum absolute atomic E-state index is 15.0. The summed E-state index contributed by atoms with van der Waals surface area (Å²) < 4.78 is 31.8. The molecule has 1 aromatic carbocycles. The van der Waals surface area contributed by atoms with Gasteiger partial charge in [0.2, 0.25) is 5.91 Å². The van der Waals surface area contributed by atoms with Crippen LogP contribution in [0.3, 0.4) is 0 Å². The molecule has 3 aliphatic rings. The van der Waals surface area contributed by atoms with Gasteiger partial charge >= 0.3 is 6.09 Å². The Labute approximate surface area is 193 Å². The average molecular weight is 459 g/mol. The van der Waals surface area contributed by atoms with Crippen molar-refractivity contribution in [3.8, 4) is 5.75 Å². The van der Waals surface area contributed by atoms with Gasteiger partial charge in [-0.2, -0.15) is 0 Å². The van der Waals surface area contributed by atoms with Gasteiger partial charge in [-0.1, -0.05) is 0 Å². The highest BCUT2D eigenvalue weighted by Crippen LogP contribution is 2.42. The van der Waals surface area contributed by atoms with Crippen LogP contribution in [-0.2, 0) is 20.7 Å². The first kappa shape index (κ1) is 23.4. The van der Waals surface area contributed by atoms with Crippen LogP contribution in [0.25, 0.3) is 10.9 Å². The van der Waals surface area contributed by atoms with E-state index in [0.717, 1.165) is 24.6 Å². The van der Waals surface area contributed by atoms with E-state index in [-0.39, 0.29) is 24.7 Å². The number of fused-ring (bicyclic) bond motifs is 4. The van der Waals surface area contributed by atoms with Crippen LogP contribution >= 0.6 is 0 Å². The second-order valence-electron chi connectivity index (χ2n) is 10.0. The SMILES string of the molecule is COc1cc(C)c2ncc(F)c(CC(=O)N(C(=O)OC(C)(C)C)C34CCC(CC3)OC4)c2c1. The molecule has 1 aliphatic carbocycles. The Morgan fingerprint density at radius 2 is 1.97 bits per heavy atom. The van der Waals surface area contributed by atoms with E-state index in [2.05, 4.69) is 4.98 Å². The molecule has 2 aliphatic heterocycles. The number of hydrogen-bond donors (Lipinski definition) is 0. The summed E-state index contributed by atoms with van der Waals surface area (Å²) in [5.41, 5.74) is 0.0181.